The van der Waals surface area contributed by atoms with Gasteiger partial charge in [0.15, 0.2) is 0 Å². The van der Waals surface area contributed by atoms with E-state index in [2.05, 4.69) is 22.3 Å². The number of hydrogen-bond acceptors (Lipinski definition) is 4. The van der Waals surface area contributed by atoms with Crippen molar-refractivity contribution in [2.45, 2.75) is 31.7 Å². The van der Waals surface area contributed by atoms with Crippen molar-refractivity contribution in [3.05, 3.63) is 24.3 Å². The maximum Gasteiger partial charge on any atom is 0.241 e. The summed E-state index contributed by atoms with van der Waals surface area (Å²) in [5.74, 6) is -0.169. The number of ether oxygens (including phenoxy) is 1. The van der Waals surface area contributed by atoms with E-state index in [4.69, 9.17) is 10.5 Å². The van der Waals surface area contributed by atoms with Gasteiger partial charge in [0.1, 0.15) is 0 Å². The van der Waals surface area contributed by atoms with E-state index in [1.807, 2.05) is 12.1 Å². The van der Waals surface area contributed by atoms with Crippen LogP contribution in [0.2, 0.25) is 0 Å². The normalized spacial score (nSPS) is 16.6. The number of carbonyl (C=O) groups is 1. The molecule has 0 spiro atoms. The van der Waals surface area contributed by atoms with E-state index < -0.39 is 6.04 Å². The minimum atomic E-state index is -0.535. The Balaban J connectivity index is 1.88. The molecule has 2 rings (SSSR count). The van der Waals surface area contributed by atoms with Crippen molar-refractivity contribution in [1.82, 2.24) is 0 Å². The first-order valence-electron chi connectivity index (χ1n) is 7.61. The van der Waals surface area contributed by atoms with Crippen LogP contribution in [0.3, 0.4) is 0 Å². The predicted molar refractivity (Wildman–Crippen MR) is 85.6 cm³/mol. The summed E-state index contributed by atoms with van der Waals surface area (Å²) in [5, 5.41) is 2.84. The third-order valence-electron chi connectivity index (χ3n) is 3.83. The molecule has 116 valence electrons. The van der Waals surface area contributed by atoms with E-state index in [0.717, 1.165) is 18.8 Å². The van der Waals surface area contributed by atoms with Crippen molar-refractivity contribution >= 4 is 17.3 Å². The molecule has 1 aliphatic heterocycles. The van der Waals surface area contributed by atoms with E-state index >= 15 is 0 Å². The number of benzene rings is 1. The highest BCUT2D eigenvalue weighted by Crippen LogP contribution is 2.21. The molecule has 0 aliphatic carbocycles. The number of rotatable bonds is 6. The number of nitrogens with two attached hydrogens (primary N) is 1. The summed E-state index contributed by atoms with van der Waals surface area (Å²) in [6, 6.07) is 7.45. The number of amides is 1. The Morgan fingerprint density at radius 1 is 1.29 bits per heavy atom. The zero-order valence-electron chi connectivity index (χ0n) is 12.7. The van der Waals surface area contributed by atoms with Crippen molar-refractivity contribution in [3.63, 3.8) is 0 Å². The first kappa shape index (κ1) is 15.8. The lowest BCUT2D eigenvalue weighted by Gasteiger charge is -2.28. The van der Waals surface area contributed by atoms with Crippen LogP contribution in [0.1, 0.15) is 25.7 Å². The average molecular weight is 291 g/mol. The van der Waals surface area contributed by atoms with Gasteiger partial charge in [-0.3, -0.25) is 4.79 Å². The van der Waals surface area contributed by atoms with Gasteiger partial charge < -0.3 is 20.7 Å². The first-order chi connectivity index (χ1) is 10.2. The molecule has 5 heteroatoms. The van der Waals surface area contributed by atoms with Crippen LogP contribution >= 0.6 is 0 Å². The number of carbonyl (C=O) groups excluding carboxylic acids is 1. The van der Waals surface area contributed by atoms with Gasteiger partial charge in [0, 0.05) is 38.2 Å². The monoisotopic (exact) mass is 291 g/mol. The topological polar surface area (TPSA) is 67.6 Å². The summed E-state index contributed by atoms with van der Waals surface area (Å²) in [5.41, 5.74) is 7.80. The summed E-state index contributed by atoms with van der Waals surface area (Å²) in [6.45, 7) is 2.73. The van der Waals surface area contributed by atoms with Crippen LogP contribution in [0.15, 0.2) is 24.3 Å². The maximum absolute atomic E-state index is 11.9. The second-order valence-electron chi connectivity index (χ2n) is 5.47. The van der Waals surface area contributed by atoms with Gasteiger partial charge in [-0.25, -0.2) is 0 Å². The van der Waals surface area contributed by atoms with Gasteiger partial charge in [-0.15, -0.1) is 0 Å². The molecule has 0 saturated carbocycles. The molecule has 1 saturated heterocycles. The van der Waals surface area contributed by atoms with Gasteiger partial charge in [-0.2, -0.15) is 0 Å². The third-order valence-corrected chi connectivity index (χ3v) is 3.83. The molecule has 0 radical (unpaired) electrons. The predicted octanol–water partition coefficient (Wildman–Crippen LogP) is 1.98. The lowest BCUT2D eigenvalue weighted by atomic mass is 10.1. The Hall–Kier alpha value is -1.59. The fourth-order valence-electron chi connectivity index (χ4n) is 2.52. The zero-order valence-corrected chi connectivity index (χ0v) is 12.7. The maximum atomic E-state index is 11.9. The van der Waals surface area contributed by atoms with Gasteiger partial charge >= 0.3 is 0 Å². The number of anilines is 2. The molecule has 0 bridgehead atoms. The molecular formula is C16H25N3O2. The van der Waals surface area contributed by atoms with Crippen molar-refractivity contribution in [2.24, 2.45) is 5.73 Å². The smallest absolute Gasteiger partial charge is 0.241 e. The molecule has 3 N–H and O–H groups in total. The number of methoxy groups -OCH3 is 1. The van der Waals surface area contributed by atoms with Crippen LogP contribution < -0.4 is 16.0 Å². The molecule has 1 aromatic carbocycles. The summed E-state index contributed by atoms with van der Waals surface area (Å²) >= 11 is 0. The summed E-state index contributed by atoms with van der Waals surface area (Å²) in [7, 11) is 1.60. The highest BCUT2D eigenvalue weighted by Gasteiger charge is 2.14. The van der Waals surface area contributed by atoms with Crippen molar-refractivity contribution in [3.8, 4) is 0 Å². The van der Waals surface area contributed by atoms with E-state index in [0.29, 0.717) is 13.0 Å². The van der Waals surface area contributed by atoms with Crippen molar-refractivity contribution in [1.29, 1.82) is 0 Å². The largest absolute Gasteiger partial charge is 0.385 e. The van der Waals surface area contributed by atoms with Crippen LogP contribution in [0.5, 0.6) is 0 Å². The lowest BCUT2D eigenvalue weighted by Crippen LogP contribution is -2.36. The molecule has 1 aliphatic rings. The Kier molecular flexibility index (Phi) is 6.02. The van der Waals surface area contributed by atoms with E-state index in [9.17, 15) is 4.79 Å². The van der Waals surface area contributed by atoms with Gasteiger partial charge in [0.2, 0.25) is 5.91 Å². The van der Waals surface area contributed by atoms with Gasteiger partial charge in [0.25, 0.3) is 0 Å². The first-order valence-corrected chi connectivity index (χ1v) is 7.61. The lowest BCUT2D eigenvalue weighted by molar-refractivity contribution is -0.117. The van der Waals surface area contributed by atoms with Crippen LogP contribution in [-0.2, 0) is 9.53 Å². The van der Waals surface area contributed by atoms with Crippen LogP contribution in [-0.4, -0.2) is 38.8 Å². The molecule has 1 fully saturated rings. The van der Waals surface area contributed by atoms with Crippen molar-refractivity contribution < 1.29 is 9.53 Å². The average Bonchev–Trinajstić information content (AvgIpc) is 2.54. The minimum absolute atomic E-state index is 0.169. The molecule has 1 aromatic rings. The number of nitrogens with zero attached hydrogens (tertiary/aromatic N) is 1. The number of nitrogens with one attached hydrogen (secondary N) is 1. The molecule has 1 amide bonds. The van der Waals surface area contributed by atoms with E-state index in [-0.39, 0.29) is 5.91 Å². The third kappa shape index (κ3) is 4.72. The van der Waals surface area contributed by atoms with E-state index in [1.54, 1.807) is 7.11 Å². The van der Waals surface area contributed by atoms with Crippen molar-refractivity contribution in [2.75, 3.05) is 37.0 Å². The van der Waals surface area contributed by atoms with Crippen LogP contribution in [0.25, 0.3) is 0 Å². The van der Waals surface area contributed by atoms with Gasteiger partial charge in [-0.05, 0) is 49.9 Å². The highest BCUT2D eigenvalue weighted by molar-refractivity contribution is 5.94. The van der Waals surface area contributed by atoms with Crippen LogP contribution in [0.4, 0.5) is 11.4 Å². The molecule has 5 nitrogen and oxygen atoms in total. The molecule has 21 heavy (non-hydrogen) atoms. The molecule has 1 heterocycles. The number of piperidine rings is 1. The SMILES string of the molecule is COCCC(N)C(=O)Nc1ccc(N2CCCCC2)cc1. The molecular weight excluding hydrogens is 266 g/mol. The summed E-state index contributed by atoms with van der Waals surface area (Å²) in [4.78, 5) is 14.3. The zero-order chi connectivity index (χ0) is 15.1. The molecule has 1 atom stereocenters. The second kappa shape index (κ2) is 8.00. The summed E-state index contributed by atoms with van der Waals surface area (Å²) < 4.78 is 4.93. The van der Waals surface area contributed by atoms with Gasteiger partial charge in [0.05, 0.1) is 6.04 Å². The van der Waals surface area contributed by atoms with E-state index in [1.165, 1.54) is 24.9 Å². The Morgan fingerprint density at radius 2 is 1.95 bits per heavy atom. The highest BCUT2D eigenvalue weighted by atomic mass is 16.5. The second-order valence-corrected chi connectivity index (χ2v) is 5.47. The Bertz CT molecular complexity index is 441. The fourth-order valence-corrected chi connectivity index (χ4v) is 2.52. The summed E-state index contributed by atoms with van der Waals surface area (Å²) in [6.07, 6.45) is 4.36. The minimum Gasteiger partial charge on any atom is -0.385 e. The molecule has 0 aromatic heterocycles. The quantitative estimate of drug-likeness (QED) is 0.841. The Morgan fingerprint density at radius 3 is 2.57 bits per heavy atom. The fraction of sp³-hybridized carbons (Fsp3) is 0.562. The molecule has 1 unspecified atom stereocenters. The van der Waals surface area contributed by atoms with Crippen LogP contribution in [0, 0.1) is 0 Å². The Labute approximate surface area is 126 Å². The standard InChI is InChI=1S/C16H25N3O2/c1-21-12-9-15(17)16(20)18-13-5-7-14(8-6-13)19-10-3-2-4-11-19/h5-8,15H,2-4,9-12,17H2,1H3,(H,18,20). The number of hydrogen-bond donors (Lipinski definition) is 2. The van der Waals surface area contributed by atoms with Gasteiger partial charge in [-0.1, -0.05) is 0 Å².